The van der Waals surface area contributed by atoms with E-state index in [-0.39, 0.29) is 0 Å². The molecule has 0 bridgehead atoms. The third-order valence-corrected chi connectivity index (χ3v) is 1.39. The maximum Gasteiger partial charge on any atom is 0.184 e. The summed E-state index contributed by atoms with van der Waals surface area (Å²) in [4.78, 5) is 0.600. The van der Waals surface area contributed by atoms with Crippen LogP contribution in [0.2, 0.25) is 0 Å². The van der Waals surface area contributed by atoms with E-state index in [9.17, 15) is 8.78 Å². The van der Waals surface area contributed by atoms with Gasteiger partial charge in [0.05, 0.1) is 0 Å². The van der Waals surface area contributed by atoms with Crippen LogP contribution in [-0.4, -0.2) is 7.05 Å². The highest BCUT2D eigenvalue weighted by molar-refractivity contribution is 5.30. The number of halogens is 2. The van der Waals surface area contributed by atoms with Crippen molar-refractivity contribution in [2.45, 2.75) is 0 Å². The molecule has 1 nitrogen and oxygen atoms in total. The Labute approximate surface area is 64.3 Å². The van der Waals surface area contributed by atoms with Crippen LogP contribution in [0.25, 0.3) is 0 Å². The zero-order valence-electron chi connectivity index (χ0n) is 6.20. The van der Waals surface area contributed by atoms with E-state index in [4.69, 9.17) is 0 Å². The molecule has 0 radical (unpaired) electrons. The Hall–Kier alpha value is -0.960. The predicted molar refractivity (Wildman–Crippen MR) is 38.3 cm³/mol. The average Bonchev–Trinajstić information content (AvgIpc) is 1.85. The average molecular weight is 157 g/mol. The van der Waals surface area contributed by atoms with Crippen molar-refractivity contribution in [2.24, 2.45) is 0 Å². The van der Waals surface area contributed by atoms with Crippen molar-refractivity contribution in [1.82, 2.24) is 0 Å². The monoisotopic (exact) mass is 157 g/mol. The van der Waals surface area contributed by atoms with Crippen molar-refractivity contribution in [1.29, 1.82) is 0 Å². The summed E-state index contributed by atoms with van der Waals surface area (Å²) in [5.74, 6) is -1.12. The second-order valence-corrected chi connectivity index (χ2v) is 2.40. The van der Waals surface area contributed by atoms with Crippen molar-refractivity contribution in [3.8, 4) is 0 Å². The van der Waals surface area contributed by atoms with Crippen LogP contribution >= 0.6 is 0 Å². The zero-order valence-corrected chi connectivity index (χ0v) is 6.20. The first-order valence-electron chi connectivity index (χ1n) is 3.22. The lowest BCUT2D eigenvalue weighted by Crippen LogP contribution is -2.98. The van der Waals surface area contributed by atoms with Gasteiger partial charge in [-0.2, -0.15) is 0 Å². The largest absolute Gasteiger partial charge is 0.435 e. The van der Waals surface area contributed by atoms with Crippen molar-refractivity contribution < 1.29 is 13.7 Å². The van der Waals surface area contributed by atoms with Crippen LogP contribution in [0.5, 0.6) is 0 Å². The Balaban J connectivity index is 3.09. The summed E-state index contributed by atoms with van der Waals surface area (Å²) in [5, 5.41) is 0. The van der Waals surface area contributed by atoms with E-state index in [1.807, 2.05) is 0 Å². The predicted octanol–water partition coefficient (Wildman–Crippen LogP) is 0.903. The maximum absolute atomic E-state index is 12.8. The number of nitrogens with one attached hydrogen (secondary N) is 1. The number of hydrogen-bond donors (Lipinski definition) is 1. The zero-order chi connectivity index (χ0) is 8.43. The van der Waals surface area contributed by atoms with Crippen molar-refractivity contribution >= 4 is 5.69 Å². The quantitative estimate of drug-likeness (QED) is 0.578. The molecule has 0 aliphatic rings. The molecule has 0 fully saturated rings. The van der Waals surface area contributed by atoms with Crippen LogP contribution in [0.1, 0.15) is 0 Å². The van der Waals surface area contributed by atoms with Crippen LogP contribution in [0.4, 0.5) is 14.5 Å². The van der Waals surface area contributed by atoms with Crippen LogP contribution in [0, 0.1) is 18.7 Å². The van der Waals surface area contributed by atoms with Gasteiger partial charge in [0.2, 0.25) is 0 Å². The van der Waals surface area contributed by atoms with Gasteiger partial charge >= 0.3 is 0 Å². The van der Waals surface area contributed by atoms with Crippen LogP contribution in [0.3, 0.4) is 0 Å². The standard InChI is InChI=1S/C8H9F2N/c1-11(2)8-4-3-6(9)5-7(8)10/h3-5,11H,1H2,2H3. The van der Waals surface area contributed by atoms with Gasteiger partial charge in [0.25, 0.3) is 0 Å². The van der Waals surface area contributed by atoms with E-state index in [1.54, 1.807) is 7.05 Å². The summed E-state index contributed by atoms with van der Waals surface area (Å²) in [6, 6.07) is 3.45. The Morgan fingerprint density at radius 1 is 1.36 bits per heavy atom. The van der Waals surface area contributed by atoms with E-state index in [1.165, 1.54) is 12.1 Å². The Kier molecular flexibility index (Phi) is 2.19. The minimum atomic E-state index is -0.562. The summed E-state index contributed by atoms with van der Waals surface area (Å²) in [5.41, 5.74) is 0.367. The molecule has 0 saturated heterocycles. The molecule has 60 valence electrons. The first-order valence-corrected chi connectivity index (χ1v) is 3.22. The number of hydrogen-bond acceptors (Lipinski definition) is 0. The van der Waals surface area contributed by atoms with E-state index in [0.29, 0.717) is 10.6 Å². The Morgan fingerprint density at radius 3 is 2.45 bits per heavy atom. The van der Waals surface area contributed by atoms with Gasteiger partial charge in [-0.3, -0.25) is 0 Å². The molecule has 3 heteroatoms. The van der Waals surface area contributed by atoms with E-state index < -0.39 is 11.6 Å². The second-order valence-electron chi connectivity index (χ2n) is 2.40. The van der Waals surface area contributed by atoms with E-state index in [2.05, 4.69) is 7.05 Å². The lowest BCUT2D eigenvalue weighted by Gasteiger charge is -2.13. The van der Waals surface area contributed by atoms with E-state index >= 15 is 0 Å². The molecule has 0 aromatic heterocycles. The highest BCUT2D eigenvalue weighted by Crippen LogP contribution is 2.09. The lowest BCUT2D eigenvalue weighted by molar-refractivity contribution is -0.759. The van der Waals surface area contributed by atoms with Crippen molar-refractivity contribution in [2.75, 3.05) is 7.05 Å². The molecule has 0 saturated carbocycles. The van der Waals surface area contributed by atoms with Gasteiger partial charge in [0.1, 0.15) is 11.5 Å². The molecular formula is C8H9F2N. The first kappa shape index (κ1) is 8.14. The molecule has 0 spiro atoms. The Morgan fingerprint density at radius 2 is 2.00 bits per heavy atom. The SMILES string of the molecule is [CH2-][NH+](C)c1ccc(F)cc1F. The maximum atomic E-state index is 12.8. The fraction of sp³-hybridized carbons (Fsp3) is 0.125. The number of rotatable bonds is 1. The minimum Gasteiger partial charge on any atom is -0.435 e. The second kappa shape index (κ2) is 2.96. The minimum absolute atomic E-state index is 0.367. The van der Waals surface area contributed by atoms with Gasteiger partial charge in [0, 0.05) is 19.2 Å². The molecule has 0 amide bonds. The Bertz CT molecular complexity index is 258. The van der Waals surface area contributed by atoms with Gasteiger partial charge in [-0.25, -0.2) is 8.78 Å². The van der Waals surface area contributed by atoms with Crippen LogP contribution in [-0.2, 0) is 0 Å². The normalized spacial score (nSPS) is 13.1. The fourth-order valence-electron chi connectivity index (χ4n) is 0.836. The van der Waals surface area contributed by atoms with Gasteiger partial charge in [-0.1, -0.05) is 0 Å². The van der Waals surface area contributed by atoms with Crippen LogP contribution < -0.4 is 4.90 Å². The summed E-state index contributed by atoms with van der Waals surface area (Å²) < 4.78 is 25.1. The topological polar surface area (TPSA) is 4.44 Å². The molecule has 1 unspecified atom stereocenters. The molecular weight excluding hydrogens is 148 g/mol. The number of benzene rings is 1. The lowest BCUT2D eigenvalue weighted by atomic mass is 10.3. The smallest absolute Gasteiger partial charge is 0.184 e. The highest BCUT2D eigenvalue weighted by atomic mass is 19.1. The van der Waals surface area contributed by atoms with E-state index in [0.717, 1.165) is 6.07 Å². The first-order chi connectivity index (χ1) is 5.11. The summed E-state index contributed by atoms with van der Waals surface area (Å²) >= 11 is 0. The van der Waals surface area contributed by atoms with Gasteiger partial charge < -0.3 is 4.90 Å². The summed E-state index contributed by atoms with van der Waals surface area (Å²) in [6.45, 7) is 0. The molecule has 1 rings (SSSR count). The molecule has 1 aromatic rings. The van der Waals surface area contributed by atoms with Gasteiger partial charge in [-0.15, -0.1) is 7.05 Å². The molecule has 1 N–H and O–H groups in total. The van der Waals surface area contributed by atoms with Gasteiger partial charge in [-0.05, 0) is 6.07 Å². The molecule has 11 heavy (non-hydrogen) atoms. The van der Waals surface area contributed by atoms with Crippen molar-refractivity contribution in [3.05, 3.63) is 36.9 Å². The fourth-order valence-corrected chi connectivity index (χ4v) is 0.836. The summed E-state index contributed by atoms with van der Waals surface area (Å²) in [6.07, 6.45) is 0. The van der Waals surface area contributed by atoms with Crippen molar-refractivity contribution in [3.63, 3.8) is 0 Å². The molecule has 0 heterocycles. The van der Waals surface area contributed by atoms with Gasteiger partial charge in [0.15, 0.2) is 5.82 Å². The molecule has 1 aromatic carbocycles. The molecule has 1 atom stereocenters. The third-order valence-electron chi connectivity index (χ3n) is 1.39. The highest BCUT2D eigenvalue weighted by Gasteiger charge is 2.05. The summed E-state index contributed by atoms with van der Waals surface area (Å²) in [7, 11) is 5.23. The number of quaternary nitrogens is 1. The molecule has 0 aliphatic heterocycles. The third kappa shape index (κ3) is 1.74. The molecule has 0 aliphatic carbocycles. The van der Waals surface area contributed by atoms with Crippen LogP contribution in [0.15, 0.2) is 18.2 Å².